The fraction of sp³-hybridized carbons (Fsp3) is 1.00. The van der Waals surface area contributed by atoms with Gasteiger partial charge in [0.15, 0.2) is 0 Å². The van der Waals surface area contributed by atoms with Gasteiger partial charge in [0.1, 0.15) is 0 Å². The highest BCUT2D eigenvalue weighted by atomic mass is 32.2. The highest BCUT2D eigenvalue weighted by molar-refractivity contribution is 7.95. The molecule has 0 aromatic heterocycles. The van der Waals surface area contributed by atoms with Gasteiger partial charge in [0, 0.05) is 23.2 Å². The topological polar surface area (TPSA) is 24.1 Å². The maximum atomic E-state index is 3.28. The van der Waals surface area contributed by atoms with Crippen LogP contribution in [0.2, 0.25) is 0 Å². The average Bonchev–Trinajstić information content (AvgIpc) is 1.55. The standard InChI is InChI=1S/C8H20N2S/c1-7(2,3)9-11-10-8(4,5)6/h9-10H,1-6H3. The van der Waals surface area contributed by atoms with E-state index in [1.165, 1.54) is 0 Å². The van der Waals surface area contributed by atoms with Crippen LogP contribution in [0.15, 0.2) is 0 Å². The van der Waals surface area contributed by atoms with Gasteiger partial charge in [0.2, 0.25) is 0 Å². The largest absolute Gasteiger partial charge is 0.245 e. The lowest BCUT2D eigenvalue weighted by Crippen LogP contribution is -2.38. The number of nitrogens with one attached hydrogen (secondary N) is 2. The summed E-state index contributed by atoms with van der Waals surface area (Å²) in [4.78, 5) is 0. The van der Waals surface area contributed by atoms with Gasteiger partial charge in [-0.2, -0.15) is 0 Å². The van der Waals surface area contributed by atoms with E-state index in [1.54, 1.807) is 12.1 Å². The molecule has 0 aromatic rings. The van der Waals surface area contributed by atoms with E-state index in [4.69, 9.17) is 0 Å². The predicted octanol–water partition coefficient (Wildman–Crippen LogP) is 2.33. The van der Waals surface area contributed by atoms with E-state index in [9.17, 15) is 0 Å². The van der Waals surface area contributed by atoms with Crippen LogP contribution >= 0.6 is 12.1 Å². The van der Waals surface area contributed by atoms with Crippen molar-refractivity contribution in [1.29, 1.82) is 0 Å². The highest BCUT2D eigenvalue weighted by Gasteiger charge is 2.12. The summed E-state index contributed by atoms with van der Waals surface area (Å²) in [5.41, 5.74) is 0.339. The fourth-order valence-electron chi connectivity index (χ4n) is 0.332. The van der Waals surface area contributed by atoms with E-state index in [2.05, 4.69) is 51.0 Å². The van der Waals surface area contributed by atoms with Crippen LogP contribution in [0.5, 0.6) is 0 Å². The van der Waals surface area contributed by atoms with Gasteiger partial charge in [-0.05, 0) is 41.5 Å². The Balaban J connectivity index is 3.44. The van der Waals surface area contributed by atoms with Gasteiger partial charge in [-0.25, -0.2) is 9.44 Å². The zero-order valence-corrected chi connectivity index (χ0v) is 9.22. The lowest BCUT2D eigenvalue weighted by molar-refractivity contribution is 0.508. The molecule has 0 radical (unpaired) electrons. The van der Waals surface area contributed by atoms with Crippen molar-refractivity contribution in [2.24, 2.45) is 0 Å². The highest BCUT2D eigenvalue weighted by Crippen LogP contribution is 2.08. The molecule has 2 nitrogen and oxygen atoms in total. The van der Waals surface area contributed by atoms with E-state index < -0.39 is 0 Å². The van der Waals surface area contributed by atoms with E-state index in [-0.39, 0.29) is 11.1 Å². The molecule has 0 fully saturated rings. The van der Waals surface area contributed by atoms with Crippen LogP contribution in [0.3, 0.4) is 0 Å². The van der Waals surface area contributed by atoms with E-state index >= 15 is 0 Å². The molecule has 0 rings (SSSR count). The maximum absolute atomic E-state index is 3.28. The summed E-state index contributed by atoms with van der Waals surface area (Å²) < 4.78 is 6.57. The first-order chi connectivity index (χ1) is 4.71. The molecule has 0 atom stereocenters. The molecule has 0 heterocycles. The SMILES string of the molecule is CC(C)(C)NSNC(C)(C)C. The Kier molecular flexibility index (Phi) is 3.88. The molecule has 0 bridgehead atoms. The number of hydrogen-bond donors (Lipinski definition) is 2. The molecular formula is C8H20N2S. The Morgan fingerprint density at radius 2 is 1.00 bits per heavy atom. The second-order valence-electron chi connectivity index (χ2n) is 4.81. The van der Waals surface area contributed by atoms with Crippen LogP contribution in [0.4, 0.5) is 0 Å². The molecule has 0 aliphatic heterocycles. The molecule has 0 unspecified atom stereocenters. The van der Waals surface area contributed by atoms with Gasteiger partial charge in [-0.1, -0.05) is 0 Å². The number of rotatable bonds is 2. The smallest absolute Gasteiger partial charge is 0.0210 e. The molecule has 2 N–H and O–H groups in total. The molecule has 0 spiro atoms. The Bertz CT molecular complexity index is 96.2. The van der Waals surface area contributed by atoms with Gasteiger partial charge in [0.05, 0.1) is 0 Å². The van der Waals surface area contributed by atoms with Crippen LogP contribution in [-0.2, 0) is 0 Å². The zero-order valence-electron chi connectivity index (χ0n) is 8.41. The van der Waals surface area contributed by atoms with Crippen molar-refractivity contribution in [2.75, 3.05) is 0 Å². The summed E-state index contributed by atoms with van der Waals surface area (Å²) in [5, 5.41) is 0. The normalized spacial score (nSPS) is 13.6. The maximum Gasteiger partial charge on any atom is 0.0210 e. The predicted molar refractivity (Wildman–Crippen MR) is 53.4 cm³/mol. The van der Waals surface area contributed by atoms with Crippen LogP contribution in [0.25, 0.3) is 0 Å². The minimum atomic E-state index is 0.170. The van der Waals surface area contributed by atoms with Crippen molar-refractivity contribution in [3.05, 3.63) is 0 Å². The third-order valence-electron chi connectivity index (χ3n) is 0.714. The van der Waals surface area contributed by atoms with E-state index in [1.807, 2.05) is 0 Å². The molecular weight excluding hydrogens is 156 g/mol. The molecule has 0 aliphatic carbocycles. The first kappa shape index (κ1) is 11.3. The first-order valence-electron chi connectivity index (χ1n) is 3.91. The Hall–Kier alpha value is 0.270. The summed E-state index contributed by atoms with van der Waals surface area (Å²) in [6, 6.07) is 0. The molecule has 68 valence electrons. The summed E-state index contributed by atoms with van der Waals surface area (Å²) in [6.07, 6.45) is 0. The minimum absolute atomic E-state index is 0.170. The van der Waals surface area contributed by atoms with Gasteiger partial charge >= 0.3 is 0 Å². The molecule has 0 amide bonds. The lowest BCUT2D eigenvalue weighted by atomic mass is 10.1. The second-order valence-corrected chi connectivity index (χ2v) is 5.42. The van der Waals surface area contributed by atoms with Crippen LogP contribution in [0.1, 0.15) is 41.5 Å². The van der Waals surface area contributed by atoms with Crippen molar-refractivity contribution in [3.8, 4) is 0 Å². The van der Waals surface area contributed by atoms with E-state index in [0.717, 1.165) is 0 Å². The lowest BCUT2D eigenvalue weighted by Gasteiger charge is -2.24. The van der Waals surface area contributed by atoms with Crippen LogP contribution in [-0.4, -0.2) is 11.1 Å². The summed E-state index contributed by atoms with van der Waals surface area (Å²) in [5.74, 6) is 0. The van der Waals surface area contributed by atoms with Gasteiger partial charge in [-0.15, -0.1) is 0 Å². The Morgan fingerprint density at radius 3 is 1.18 bits per heavy atom. The molecule has 0 aliphatic rings. The third-order valence-corrected chi connectivity index (χ3v) is 2.14. The van der Waals surface area contributed by atoms with Crippen molar-refractivity contribution < 1.29 is 0 Å². The van der Waals surface area contributed by atoms with Crippen LogP contribution < -0.4 is 9.44 Å². The summed E-state index contributed by atoms with van der Waals surface area (Å²) >= 11 is 1.57. The minimum Gasteiger partial charge on any atom is -0.245 e. The molecule has 0 saturated heterocycles. The van der Waals surface area contributed by atoms with Gasteiger partial charge in [0.25, 0.3) is 0 Å². The van der Waals surface area contributed by atoms with Crippen LogP contribution in [0, 0.1) is 0 Å². The van der Waals surface area contributed by atoms with Crippen molar-refractivity contribution in [2.45, 2.75) is 52.6 Å². The number of hydrogen-bond acceptors (Lipinski definition) is 3. The second kappa shape index (κ2) is 3.78. The van der Waals surface area contributed by atoms with E-state index in [0.29, 0.717) is 0 Å². The zero-order chi connectivity index (χ0) is 9.12. The Morgan fingerprint density at radius 1 is 0.727 bits per heavy atom. The van der Waals surface area contributed by atoms with Gasteiger partial charge < -0.3 is 0 Å². The Labute approximate surface area is 74.8 Å². The fourth-order valence-corrected chi connectivity index (χ4v) is 0.995. The first-order valence-corrected chi connectivity index (χ1v) is 4.72. The van der Waals surface area contributed by atoms with Crippen molar-refractivity contribution in [1.82, 2.24) is 9.44 Å². The molecule has 3 heteroatoms. The van der Waals surface area contributed by atoms with Crippen molar-refractivity contribution >= 4 is 12.1 Å². The summed E-state index contributed by atoms with van der Waals surface area (Å²) in [6.45, 7) is 12.9. The average molecular weight is 176 g/mol. The summed E-state index contributed by atoms with van der Waals surface area (Å²) in [7, 11) is 0. The molecule has 0 saturated carbocycles. The van der Waals surface area contributed by atoms with Crippen molar-refractivity contribution in [3.63, 3.8) is 0 Å². The molecule has 11 heavy (non-hydrogen) atoms. The third kappa shape index (κ3) is 10.3. The molecule has 0 aromatic carbocycles. The van der Waals surface area contributed by atoms with Gasteiger partial charge in [-0.3, -0.25) is 0 Å². The monoisotopic (exact) mass is 176 g/mol. The quantitative estimate of drug-likeness (QED) is 0.631.